The fourth-order valence-corrected chi connectivity index (χ4v) is 3.22. The van der Waals surface area contributed by atoms with Gasteiger partial charge in [0.1, 0.15) is 0 Å². The normalized spacial score (nSPS) is 18.0. The van der Waals surface area contributed by atoms with Crippen LogP contribution in [0.3, 0.4) is 0 Å². The Morgan fingerprint density at radius 1 is 1.15 bits per heavy atom. The van der Waals surface area contributed by atoms with Gasteiger partial charge >= 0.3 is 0 Å². The van der Waals surface area contributed by atoms with Crippen LogP contribution >= 0.6 is 11.6 Å². The summed E-state index contributed by atoms with van der Waals surface area (Å²) in [5, 5.41) is 17.3. The summed E-state index contributed by atoms with van der Waals surface area (Å²) in [5.41, 5.74) is 3.09. The van der Waals surface area contributed by atoms with Crippen molar-refractivity contribution in [3.63, 3.8) is 0 Å². The van der Waals surface area contributed by atoms with Crippen LogP contribution in [0.2, 0.25) is 5.02 Å². The molecule has 1 atom stereocenters. The Morgan fingerprint density at radius 3 is 2.52 bits per heavy atom. The van der Waals surface area contributed by atoms with Gasteiger partial charge in [-0.05, 0) is 56.7 Å². The average molecular weight is 387 g/mol. The Kier molecular flexibility index (Phi) is 6.04. The summed E-state index contributed by atoms with van der Waals surface area (Å²) in [4.78, 5) is 0. The molecule has 1 aliphatic rings. The van der Waals surface area contributed by atoms with E-state index in [1.807, 2.05) is 63.2 Å². The maximum atomic E-state index is 10.8. The molecule has 2 aromatic carbocycles. The maximum absolute atomic E-state index is 10.8. The van der Waals surface area contributed by atoms with Crippen LogP contribution in [-0.2, 0) is 0 Å². The monoisotopic (exact) mass is 386 g/mol. The molecule has 1 N–H and O–H groups in total. The molecule has 142 valence electrons. The molecule has 1 unspecified atom stereocenters. The first-order valence-corrected chi connectivity index (χ1v) is 9.31. The number of rotatable bonds is 6. The minimum atomic E-state index is -0.867. The van der Waals surface area contributed by atoms with E-state index in [-0.39, 0.29) is 0 Å². The highest BCUT2D eigenvalue weighted by atomic mass is 35.5. The van der Waals surface area contributed by atoms with Gasteiger partial charge in [0.25, 0.3) is 0 Å². The molecule has 2 aromatic rings. The lowest BCUT2D eigenvalue weighted by Crippen LogP contribution is -2.27. The summed E-state index contributed by atoms with van der Waals surface area (Å²) < 4.78 is 11.3. The number of nitrogens with zero attached hydrogens (tertiary/aromatic N) is 2. The smallest absolute Gasteiger partial charge is 0.179 e. The Labute approximate surface area is 164 Å². The largest absolute Gasteiger partial charge is 0.490 e. The third-order valence-electron chi connectivity index (χ3n) is 4.15. The minimum Gasteiger partial charge on any atom is -0.490 e. The number of halogens is 1. The number of benzene rings is 2. The van der Waals surface area contributed by atoms with E-state index in [1.165, 1.54) is 0 Å². The van der Waals surface area contributed by atoms with Gasteiger partial charge in [0.05, 0.1) is 29.6 Å². The standard InChI is InChI=1S/C21H23ClN2O3/c1-4-26-19-13-15(12-18(22)20(19)27-5-2)11-17-14(3)23-24(21(17)25)16-9-7-6-8-10-16/h6-13,21,25H,4-5H2,1-3H3/b17-11-. The van der Waals surface area contributed by atoms with Crippen LogP contribution in [0.1, 0.15) is 26.3 Å². The third-order valence-corrected chi connectivity index (χ3v) is 4.43. The molecular formula is C21H23ClN2O3. The maximum Gasteiger partial charge on any atom is 0.179 e. The molecule has 1 heterocycles. The number of aliphatic hydroxyl groups excluding tert-OH is 1. The Bertz CT molecular complexity index is 865. The van der Waals surface area contributed by atoms with Gasteiger partial charge in [0.2, 0.25) is 0 Å². The van der Waals surface area contributed by atoms with Crippen molar-refractivity contribution >= 4 is 29.1 Å². The molecule has 0 saturated carbocycles. The third kappa shape index (κ3) is 4.10. The Hall–Kier alpha value is -2.50. The van der Waals surface area contributed by atoms with Crippen molar-refractivity contribution in [3.05, 3.63) is 58.6 Å². The van der Waals surface area contributed by atoms with E-state index < -0.39 is 6.23 Å². The summed E-state index contributed by atoms with van der Waals surface area (Å²) in [6, 6.07) is 13.2. The molecule has 0 aromatic heterocycles. The molecule has 1 aliphatic heterocycles. The lowest BCUT2D eigenvalue weighted by Gasteiger charge is -2.19. The predicted octanol–water partition coefficient (Wildman–Crippen LogP) is 4.74. The van der Waals surface area contributed by atoms with Gasteiger partial charge in [-0.15, -0.1) is 0 Å². The quantitative estimate of drug-likeness (QED) is 0.779. The molecule has 5 nitrogen and oxygen atoms in total. The predicted molar refractivity (Wildman–Crippen MR) is 110 cm³/mol. The van der Waals surface area contributed by atoms with Crippen molar-refractivity contribution in [2.75, 3.05) is 18.2 Å². The molecule has 6 heteroatoms. The average Bonchev–Trinajstić information content (AvgIpc) is 2.94. The lowest BCUT2D eigenvalue weighted by molar-refractivity contribution is 0.219. The first kappa shape index (κ1) is 19.3. The summed E-state index contributed by atoms with van der Waals surface area (Å²) in [6.07, 6.45) is 1.00. The molecule has 3 rings (SSSR count). The van der Waals surface area contributed by atoms with E-state index in [9.17, 15) is 5.11 Å². The number of ether oxygens (including phenoxy) is 2. The van der Waals surface area contributed by atoms with Crippen molar-refractivity contribution in [1.82, 2.24) is 0 Å². The molecule has 0 amide bonds. The van der Waals surface area contributed by atoms with Gasteiger partial charge in [-0.2, -0.15) is 5.10 Å². The van der Waals surface area contributed by atoms with E-state index in [1.54, 1.807) is 11.1 Å². The van der Waals surface area contributed by atoms with Crippen LogP contribution in [0.4, 0.5) is 5.69 Å². The topological polar surface area (TPSA) is 54.3 Å². The van der Waals surface area contributed by atoms with Gasteiger partial charge in [-0.25, -0.2) is 5.01 Å². The van der Waals surface area contributed by atoms with E-state index in [0.29, 0.717) is 35.3 Å². The van der Waals surface area contributed by atoms with Crippen molar-refractivity contribution in [1.29, 1.82) is 0 Å². The van der Waals surface area contributed by atoms with Crippen molar-refractivity contribution < 1.29 is 14.6 Å². The lowest BCUT2D eigenvalue weighted by atomic mass is 10.1. The summed E-state index contributed by atoms with van der Waals surface area (Å²) in [7, 11) is 0. The Morgan fingerprint density at radius 2 is 1.85 bits per heavy atom. The van der Waals surface area contributed by atoms with Crippen LogP contribution < -0.4 is 14.5 Å². The zero-order valence-corrected chi connectivity index (χ0v) is 16.4. The molecule has 0 radical (unpaired) electrons. The van der Waals surface area contributed by atoms with Crippen LogP contribution in [0.5, 0.6) is 11.5 Å². The SMILES string of the molecule is CCOc1cc(/C=C2/C(C)=NN(c3ccccc3)C2O)cc(Cl)c1OCC. The highest BCUT2D eigenvalue weighted by molar-refractivity contribution is 6.32. The second-order valence-electron chi connectivity index (χ2n) is 6.03. The molecule has 0 aliphatic carbocycles. The highest BCUT2D eigenvalue weighted by Crippen LogP contribution is 2.38. The van der Waals surface area contributed by atoms with E-state index >= 15 is 0 Å². The van der Waals surface area contributed by atoms with Crippen molar-refractivity contribution in [3.8, 4) is 11.5 Å². The van der Waals surface area contributed by atoms with Gasteiger partial charge in [0.15, 0.2) is 17.7 Å². The number of hydrogen-bond acceptors (Lipinski definition) is 5. The van der Waals surface area contributed by atoms with E-state index in [0.717, 1.165) is 17.0 Å². The molecular weight excluding hydrogens is 364 g/mol. The summed E-state index contributed by atoms with van der Waals surface area (Å²) in [6.45, 7) is 6.68. The van der Waals surface area contributed by atoms with Crippen LogP contribution in [-0.4, -0.2) is 30.3 Å². The minimum absolute atomic E-state index is 0.469. The summed E-state index contributed by atoms with van der Waals surface area (Å²) >= 11 is 6.39. The second-order valence-corrected chi connectivity index (χ2v) is 6.44. The summed E-state index contributed by atoms with van der Waals surface area (Å²) in [5.74, 6) is 1.12. The number of para-hydroxylation sites is 1. The zero-order valence-electron chi connectivity index (χ0n) is 15.6. The molecule has 0 saturated heterocycles. The van der Waals surface area contributed by atoms with E-state index in [4.69, 9.17) is 21.1 Å². The number of hydrogen-bond donors (Lipinski definition) is 1. The molecule has 0 spiro atoms. The van der Waals surface area contributed by atoms with Gasteiger partial charge in [-0.1, -0.05) is 29.8 Å². The first-order chi connectivity index (χ1) is 13.0. The zero-order chi connectivity index (χ0) is 19.4. The van der Waals surface area contributed by atoms with Gasteiger partial charge in [0, 0.05) is 5.57 Å². The number of hydrazone groups is 1. The van der Waals surface area contributed by atoms with Gasteiger partial charge in [-0.3, -0.25) is 0 Å². The molecule has 27 heavy (non-hydrogen) atoms. The van der Waals surface area contributed by atoms with Crippen LogP contribution in [0.25, 0.3) is 6.08 Å². The fraction of sp³-hybridized carbons (Fsp3) is 0.286. The van der Waals surface area contributed by atoms with Crippen LogP contribution in [0, 0.1) is 0 Å². The Balaban J connectivity index is 1.95. The highest BCUT2D eigenvalue weighted by Gasteiger charge is 2.29. The van der Waals surface area contributed by atoms with Crippen molar-refractivity contribution in [2.24, 2.45) is 5.10 Å². The van der Waals surface area contributed by atoms with Crippen molar-refractivity contribution in [2.45, 2.75) is 27.0 Å². The molecule has 0 fully saturated rings. The van der Waals surface area contributed by atoms with E-state index in [2.05, 4.69) is 5.10 Å². The number of aliphatic hydroxyl groups is 1. The fourth-order valence-electron chi connectivity index (χ4n) is 2.95. The second kappa shape index (κ2) is 8.46. The molecule has 0 bridgehead atoms. The van der Waals surface area contributed by atoms with Gasteiger partial charge < -0.3 is 14.6 Å². The number of anilines is 1. The van der Waals surface area contributed by atoms with Crippen LogP contribution in [0.15, 0.2) is 53.1 Å². The first-order valence-electron chi connectivity index (χ1n) is 8.93.